The van der Waals surface area contributed by atoms with Crippen LogP contribution < -0.4 is 0 Å². The van der Waals surface area contributed by atoms with Crippen LogP contribution >= 0.6 is 0 Å². The first-order valence-corrected chi connectivity index (χ1v) is 18.3. The average molecular weight is 662 g/mol. The lowest BCUT2D eigenvalue weighted by atomic mass is 9.81. The summed E-state index contributed by atoms with van der Waals surface area (Å²) in [7, 11) is 0. The zero-order valence-corrected chi connectivity index (χ0v) is 29.2. The third kappa shape index (κ3) is 4.11. The topological polar surface area (TPSA) is 15.8 Å². The molecule has 10 aromatic rings. The van der Waals surface area contributed by atoms with Crippen LogP contribution in [0.5, 0.6) is 0 Å². The summed E-state index contributed by atoms with van der Waals surface area (Å²) < 4.78 is 0. The van der Waals surface area contributed by atoms with E-state index in [4.69, 9.17) is 0 Å². The van der Waals surface area contributed by atoms with Crippen molar-refractivity contribution in [3.63, 3.8) is 0 Å². The highest BCUT2D eigenvalue weighted by Crippen LogP contribution is 2.51. The number of aromatic amines is 1. The second-order valence-corrected chi connectivity index (χ2v) is 15.0. The van der Waals surface area contributed by atoms with Crippen molar-refractivity contribution in [2.75, 3.05) is 0 Å². The fraction of sp³-hybridized carbons (Fsp3) is 0.0588. The molecule has 0 saturated carbocycles. The normalized spacial score (nSPS) is 13.3. The fourth-order valence-corrected chi connectivity index (χ4v) is 9.28. The second-order valence-electron chi connectivity index (χ2n) is 15.0. The van der Waals surface area contributed by atoms with Crippen molar-refractivity contribution in [2.45, 2.75) is 19.3 Å². The summed E-state index contributed by atoms with van der Waals surface area (Å²) in [4.78, 5) is 3.78. The number of hydrogen-bond acceptors (Lipinski definition) is 0. The predicted molar refractivity (Wildman–Crippen MR) is 222 cm³/mol. The first-order valence-electron chi connectivity index (χ1n) is 18.3. The van der Waals surface area contributed by atoms with E-state index in [1.54, 1.807) is 0 Å². The van der Waals surface area contributed by atoms with Crippen molar-refractivity contribution >= 4 is 54.1 Å². The highest BCUT2D eigenvalue weighted by Gasteiger charge is 2.35. The summed E-state index contributed by atoms with van der Waals surface area (Å²) in [5, 5.41) is 10.2. The van der Waals surface area contributed by atoms with Gasteiger partial charge in [-0.25, -0.2) is 0 Å². The van der Waals surface area contributed by atoms with Crippen molar-refractivity contribution in [1.29, 1.82) is 0 Å². The van der Waals surface area contributed by atoms with Crippen molar-refractivity contribution in [2.24, 2.45) is 0 Å². The Morgan fingerprint density at radius 3 is 1.67 bits per heavy atom. The molecule has 1 N–H and O–H groups in total. The molecule has 11 rings (SSSR count). The van der Waals surface area contributed by atoms with Crippen LogP contribution in [-0.2, 0) is 5.41 Å². The van der Waals surface area contributed by atoms with Crippen LogP contribution in [0.4, 0.5) is 0 Å². The number of para-hydroxylation sites is 2. The van der Waals surface area contributed by atoms with Gasteiger partial charge in [-0.1, -0.05) is 153 Å². The largest absolute Gasteiger partial charge is 0.354 e. The minimum atomic E-state index is -0.0498. The van der Waals surface area contributed by atoms with Gasteiger partial charge in [0.05, 0.1) is 5.52 Å². The van der Waals surface area contributed by atoms with Gasteiger partial charge >= 0.3 is 0 Å². The maximum Gasteiger partial charge on any atom is 0.0544 e. The highest BCUT2D eigenvalue weighted by atomic mass is 14.7. The van der Waals surface area contributed by atoms with Crippen molar-refractivity contribution in [3.05, 3.63) is 181 Å². The SMILES string of the molecule is CC1(C)c2ccc(-c3cccc(-c4c5ccccc5c(-c5cccc6c5[nH]c5ccccc56)c5ccccc45)c3)cc2-c2cc3ccccc3cc21. The molecule has 0 aliphatic heterocycles. The van der Waals surface area contributed by atoms with Crippen LogP contribution in [0.1, 0.15) is 25.0 Å². The van der Waals surface area contributed by atoms with Crippen molar-refractivity contribution in [3.8, 4) is 44.5 Å². The molecule has 1 aliphatic rings. The maximum absolute atomic E-state index is 3.78. The van der Waals surface area contributed by atoms with E-state index in [1.807, 2.05) is 0 Å². The minimum absolute atomic E-state index is 0.0498. The Morgan fingerprint density at radius 2 is 0.923 bits per heavy atom. The van der Waals surface area contributed by atoms with Gasteiger partial charge in [0.25, 0.3) is 0 Å². The van der Waals surface area contributed by atoms with Crippen LogP contribution in [-0.4, -0.2) is 4.98 Å². The Balaban J connectivity index is 1.12. The van der Waals surface area contributed by atoms with E-state index >= 15 is 0 Å². The van der Waals surface area contributed by atoms with Gasteiger partial charge in [-0.05, 0) is 113 Å². The molecular formula is C51H35N. The minimum Gasteiger partial charge on any atom is -0.354 e. The third-order valence-electron chi connectivity index (χ3n) is 11.8. The van der Waals surface area contributed by atoms with Gasteiger partial charge in [0.2, 0.25) is 0 Å². The molecule has 1 aliphatic carbocycles. The summed E-state index contributed by atoms with van der Waals surface area (Å²) in [5.74, 6) is 0. The quantitative estimate of drug-likeness (QED) is 0.181. The van der Waals surface area contributed by atoms with Crippen LogP contribution in [0.25, 0.3) is 98.6 Å². The fourth-order valence-electron chi connectivity index (χ4n) is 9.28. The molecule has 9 aromatic carbocycles. The zero-order valence-electron chi connectivity index (χ0n) is 29.2. The Hall–Kier alpha value is -6.44. The monoisotopic (exact) mass is 661 g/mol. The van der Waals surface area contributed by atoms with Gasteiger partial charge in [0.1, 0.15) is 0 Å². The van der Waals surface area contributed by atoms with E-state index in [1.165, 1.54) is 110 Å². The number of aromatic nitrogens is 1. The first-order chi connectivity index (χ1) is 25.5. The average Bonchev–Trinajstić information content (AvgIpc) is 3.68. The molecule has 1 heterocycles. The summed E-state index contributed by atoms with van der Waals surface area (Å²) >= 11 is 0. The van der Waals surface area contributed by atoms with Gasteiger partial charge in [0.15, 0.2) is 0 Å². The van der Waals surface area contributed by atoms with Crippen LogP contribution in [0.15, 0.2) is 170 Å². The highest BCUT2D eigenvalue weighted by molar-refractivity contribution is 6.24. The Kier molecular flexibility index (Phi) is 6.08. The van der Waals surface area contributed by atoms with Gasteiger partial charge in [-0.15, -0.1) is 0 Å². The standard InChI is InChI=1S/C51H35N/c1-51(2)45-26-25-34(29-43(45)44-28-32-13-3-4-14-33(32)30-46(44)51)31-15-11-16-35(27-31)48-37-18-5-7-20-39(37)49(40-21-8-6-19-38(40)48)42-23-12-22-41-36-17-9-10-24-47(36)52-50(41)42/h3-30,52H,1-2H3. The molecule has 0 unspecified atom stereocenters. The van der Waals surface area contributed by atoms with Crippen molar-refractivity contribution in [1.82, 2.24) is 4.98 Å². The molecule has 0 atom stereocenters. The molecule has 1 aromatic heterocycles. The molecule has 0 spiro atoms. The zero-order chi connectivity index (χ0) is 34.6. The number of nitrogens with one attached hydrogen (secondary N) is 1. The van der Waals surface area contributed by atoms with Crippen LogP contribution in [0.3, 0.4) is 0 Å². The first kappa shape index (κ1) is 29.3. The van der Waals surface area contributed by atoms with Crippen LogP contribution in [0, 0.1) is 0 Å². The molecule has 0 fully saturated rings. The lowest BCUT2D eigenvalue weighted by molar-refractivity contribution is 0.661. The summed E-state index contributed by atoms with van der Waals surface area (Å²) in [6.45, 7) is 4.73. The van der Waals surface area contributed by atoms with Crippen molar-refractivity contribution < 1.29 is 0 Å². The van der Waals surface area contributed by atoms with E-state index < -0.39 is 0 Å². The molecule has 0 bridgehead atoms. The summed E-state index contributed by atoms with van der Waals surface area (Å²) in [6, 6.07) is 63.1. The maximum atomic E-state index is 3.78. The third-order valence-corrected chi connectivity index (χ3v) is 11.8. The Bertz CT molecular complexity index is 3040. The smallest absolute Gasteiger partial charge is 0.0544 e. The molecule has 244 valence electrons. The number of rotatable bonds is 3. The Morgan fingerprint density at radius 1 is 0.365 bits per heavy atom. The van der Waals surface area contributed by atoms with E-state index in [9.17, 15) is 0 Å². The number of H-pyrrole nitrogens is 1. The van der Waals surface area contributed by atoms with Crippen LogP contribution in [0.2, 0.25) is 0 Å². The lowest BCUT2D eigenvalue weighted by Gasteiger charge is -2.22. The number of hydrogen-bond donors (Lipinski definition) is 1. The molecule has 0 radical (unpaired) electrons. The number of fused-ring (bicyclic) bond motifs is 9. The second kappa shape index (κ2) is 10.8. The molecule has 1 heteroatoms. The summed E-state index contributed by atoms with van der Waals surface area (Å²) in [6.07, 6.45) is 0. The predicted octanol–water partition coefficient (Wildman–Crippen LogP) is 14.1. The van der Waals surface area contributed by atoms with E-state index in [-0.39, 0.29) is 5.41 Å². The number of benzene rings is 9. The molecule has 52 heavy (non-hydrogen) atoms. The van der Waals surface area contributed by atoms with Gasteiger partial charge < -0.3 is 4.98 Å². The van der Waals surface area contributed by atoms with E-state index in [0.29, 0.717) is 0 Å². The van der Waals surface area contributed by atoms with E-state index in [0.717, 1.165) is 0 Å². The molecular weight excluding hydrogens is 627 g/mol. The van der Waals surface area contributed by atoms with Gasteiger partial charge in [-0.2, -0.15) is 0 Å². The Labute approximate surface area is 302 Å². The van der Waals surface area contributed by atoms with E-state index in [2.05, 4.69) is 189 Å². The molecule has 0 amide bonds. The summed E-state index contributed by atoms with van der Waals surface area (Å²) in [5.41, 5.74) is 15.3. The van der Waals surface area contributed by atoms with Gasteiger partial charge in [0, 0.05) is 27.3 Å². The lowest BCUT2D eigenvalue weighted by Crippen LogP contribution is -2.14. The van der Waals surface area contributed by atoms with Gasteiger partial charge in [-0.3, -0.25) is 0 Å². The molecule has 1 nitrogen and oxygen atoms in total. The molecule has 0 saturated heterocycles.